The Morgan fingerprint density at radius 1 is 1.14 bits per heavy atom. The average molecular weight is 311 g/mol. The maximum absolute atomic E-state index is 5.02. The van der Waals surface area contributed by atoms with Crippen LogP contribution in [0.1, 0.15) is 26.3 Å². The standard InChI is InChI=1S/C11H13N.C5H12O2S.CH4/c1-2-5-9-8-12-11-7-4-3-6-10(9)11;1-6-2-3-7-4-5-8;/h3-4,6-8,12H,2,5H2,1H3;8H,2-5H2,1H3;1H4. The third kappa shape index (κ3) is 7.55. The van der Waals surface area contributed by atoms with Crippen molar-refractivity contribution < 1.29 is 9.47 Å². The van der Waals surface area contributed by atoms with Crippen LogP contribution in [0.5, 0.6) is 0 Å². The number of methoxy groups -OCH3 is 1. The number of aromatic amines is 1. The molecule has 0 radical (unpaired) electrons. The summed E-state index contributed by atoms with van der Waals surface area (Å²) in [4.78, 5) is 3.27. The van der Waals surface area contributed by atoms with E-state index in [1.807, 2.05) is 0 Å². The number of H-pyrrole nitrogens is 1. The largest absolute Gasteiger partial charge is 0.382 e. The van der Waals surface area contributed by atoms with Gasteiger partial charge in [-0.15, -0.1) is 0 Å². The van der Waals surface area contributed by atoms with Gasteiger partial charge in [0, 0.05) is 30.0 Å². The highest BCUT2D eigenvalue weighted by Crippen LogP contribution is 2.18. The van der Waals surface area contributed by atoms with Gasteiger partial charge < -0.3 is 14.5 Å². The molecule has 120 valence electrons. The second-order valence-corrected chi connectivity index (χ2v) is 4.89. The number of rotatable bonds is 7. The molecule has 4 heteroatoms. The van der Waals surface area contributed by atoms with Gasteiger partial charge in [-0.2, -0.15) is 12.6 Å². The lowest BCUT2D eigenvalue weighted by Crippen LogP contribution is -2.03. The molecule has 1 heterocycles. The van der Waals surface area contributed by atoms with Crippen LogP contribution in [0.2, 0.25) is 0 Å². The Balaban J connectivity index is 0.000000397. The minimum absolute atomic E-state index is 0. The predicted octanol–water partition coefficient (Wildman–Crippen LogP) is 4.34. The highest BCUT2D eigenvalue weighted by atomic mass is 32.1. The molecule has 0 amide bonds. The highest BCUT2D eigenvalue weighted by Gasteiger charge is 1.99. The Bertz CT molecular complexity index is 465. The van der Waals surface area contributed by atoms with Gasteiger partial charge in [0.2, 0.25) is 0 Å². The fourth-order valence-electron chi connectivity index (χ4n) is 1.92. The zero-order valence-corrected chi connectivity index (χ0v) is 13.3. The molecule has 0 saturated carbocycles. The van der Waals surface area contributed by atoms with Crippen molar-refractivity contribution in [2.45, 2.75) is 27.2 Å². The summed E-state index contributed by atoms with van der Waals surface area (Å²) in [6.45, 7) is 4.28. The topological polar surface area (TPSA) is 34.2 Å². The highest BCUT2D eigenvalue weighted by molar-refractivity contribution is 7.80. The number of para-hydroxylation sites is 1. The molecule has 0 aliphatic carbocycles. The molecule has 1 N–H and O–H groups in total. The molecule has 2 aromatic rings. The molecule has 2 rings (SSSR count). The molecule has 1 aromatic carbocycles. The van der Waals surface area contributed by atoms with Crippen LogP contribution in [-0.2, 0) is 15.9 Å². The van der Waals surface area contributed by atoms with Crippen LogP contribution in [0.15, 0.2) is 30.5 Å². The maximum atomic E-state index is 5.02. The summed E-state index contributed by atoms with van der Waals surface area (Å²) in [5, 5.41) is 1.37. The number of hydrogen-bond donors (Lipinski definition) is 2. The number of aromatic nitrogens is 1. The van der Waals surface area contributed by atoms with Crippen molar-refractivity contribution in [1.82, 2.24) is 4.98 Å². The molecule has 0 atom stereocenters. The molecule has 0 aliphatic heterocycles. The molecule has 0 fully saturated rings. The summed E-state index contributed by atoms with van der Waals surface area (Å²) in [6, 6.07) is 8.45. The van der Waals surface area contributed by atoms with E-state index >= 15 is 0 Å². The Morgan fingerprint density at radius 3 is 2.57 bits per heavy atom. The quantitative estimate of drug-likeness (QED) is 0.589. The molecule has 1 aromatic heterocycles. The molecular weight excluding hydrogens is 282 g/mol. The number of fused-ring (bicyclic) bond motifs is 1. The monoisotopic (exact) mass is 311 g/mol. The first-order chi connectivity index (χ1) is 9.83. The number of nitrogens with one attached hydrogen (secondary N) is 1. The van der Waals surface area contributed by atoms with E-state index in [-0.39, 0.29) is 7.43 Å². The second-order valence-electron chi connectivity index (χ2n) is 4.44. The van der Waals surface area contributed by atoms with Crippen molar-refractivity contribution in [3.8, 4) is 0 Å². The summed E-state index contributed by atoms with van der Waals surface area (Å²) < 4.78 is 9.76. The fraction of sp³-hybridized carbons (Fsp3) is 0.529. The Morgan fingerprint density at radius 2 is 1.90 bits per heavy atom. The van der Waals surface area contributed by atoms with Gasteiger partial charge in [-0.1, -0.05) is 39.0 Å². The van der Waals surface area contributed by atoms with E-state index in [0.717, 1.165) is 5.75 Å². The van der Waals surface area contributed by atoms with Gasteiger partial charge in [-0.25, -0.2) is 0 Å². The van der Waals surface area contributed by atoms with Crippen LogP contribution >= 0.6 is 12.6 Å². The first-order valence-corrected chi connectivity index (χ1v) is 7.69. The Hall–Kier alpha value is -0.970. The smallest absolute Gasteiger partial charge is 0.0700 e. The van der Waals surface area contributed by atoms with Crippen molar-refractivity contribution in [1.29, 1.82) is 0 Å². The van der Waals surface area contributed by atoms with Gasteiger partial charge in [-0.3, -0.25) is 0 Å². The van der Waals surface area contributed by atoms with Gasteiger partial charge in [0.1, 0.15) is 0 Å². The number of ether oxygens (including phenoxy) is 2. The van der Waals surface area contributed by atoms with E-state index in [2.05, 4.69) is 55.0 Å². The van der Waals surface area contributed by atoms with Crippen LogP contribution < -0.4 is 0 Å². The molecule has 0 unspecified atom stereocenters. The van der Waals surface area contributed by atoms with Gasteiger partial charge in [0.25, 0.3) is 0 Å². The molecule has 0 spiro atoms. The van der Waals surface area contributed by atoms with E-state index in [4.69, 9.17) is 9.47 Å². The van der Waals surface area contributed by atoms with Crippen LogP contribution in [0.25, 0.3) is 10.9 Å². The molecule has 3 nitrogen and oxygen atoms in total. The zero-order valence-electron chi connectivity index (χ0n) is 12.4. The van der Waals surface area contributed by atoms with Crippen molar-refractivity contribution in [3.63, 3.8) is 0 Å². The average Bonchev–Trinajstić information content (AvgIpc) is 2.89. The van der Waals surface area contributed by atoms with Crippen molar-refractivity contribution in [3.05, 3.63) is 36.0 Å². The van der Waals surface area contributed by atoms with Gasteiger partial charge >= 0.3 is 0 Å². The van der Waals surface area contributed by atoms with E-state index in [1.165, 1.54) is 29.3 Å². The molecule has 0 bridgehead atoms. The van der Waals surface area contributed by atoms with Crippen LogP contribution in [0.4, 0.5) is 0 Å². The van der Waals surface area contributed by atoms with Gasteiger partial charge in [0.05, 0.1) is 19.8 Å². The molecule has 0 saturated heterocycles. The van der Waals surface area contributed by atoms with E-state index in [0.29, 0.717) is 19.8 Å². The fourth-order valence-corrected chi connectivity index (χ4v) is 2.05. The van der Waals surface area contributed by atoms with Crippen molar-refractivity contribution in [2.75, 3.05) is 32.7 Å². The second kappa shape index (κ2) is 12.7. The Labute approximate surface area is 134 Å². The molecule has 0 aliphatic rings. The lowest BCUT2D eigenvalue weighted by atomic mass is 10.1. The summed E-state index contributed by atoms with van der Waals surface area (Å²) in [7, 11) is 1.66. The van der Waals surface area contributed by atoms with Gasteiger partial charge in [-0.05, 0) is 18.1 Å². The van der Waals surface area contributed by atoms with Crippen molar-refractivity contribution in [2.24, 2.45) is 0 Å². The lowest BCUT2D eigenvalue weighted by molar-refractivity contribution is 0.0791. The normalized spacial score (nSPS) is 9.86. The van der Waals surface area contributed by atoms with Crippen LogP contribution in [0, 0.1) is 0 Å². The first-order valence-electron chi connectivity index (χ1n) is 7.06. The van der Waals surface area contributed by atoms with Gasteiger partial charge in [0.15, 0.2) is 0 Å². The van der Waals surface area contributed by atoms with E-state index < -0.39 is 0 Å². The number of benzene rings is 1. The summed E-state index contributed by atoms with van der Waals surface area (Å²) in [5.41, 5.74) is 2.69. The molecular formula is C17H29NO2S. The van der Waals surface area contributed by atoms with E-state index in [9.17, 15) is 0 Å². The summed E-state index contributed by atoms with van der Waals surface area (Å²) in [5.74, 6) is 0.781. The van der Waals surface area contributed by atoms with Crippen molar-refractivity contribution >= 4 is 23.5 Å². The van der Waals surface area contributed by atoms with Crippen LogP contribution in [0.3, 0.4) is 0 Å². The maximum Gasteiger partial charge on any atom is 0.0700 e. The lowest BCUT2D eigenvalue weighted by Gasteiger charge is -1.98. The third-order valence-electron chi connectivity index (χ3n) is 2.86. The third-order valence-corrected chi connectivity index (χ3v) is 3.04. The zero-order chi connectivity index (χ0) is 14.6. The SMILES string of the molecule is C.CCCc1c[nH]c2ccccc12.COCCOCCS. The minimum atomic E-state index is 0. The summed E-state index contributed by atoms with van der Waals surface area (Å²) in [6.07, 6.45) is 4.50. The molecule has 21 heavy (non-hydrogen) atoms. The predicted molar refractivity (Wildman–Crippen MR) is 95.6 cm³/mol. The van der Waals surface area contributed by atoms with E-state index in [1.54, 1.807) is 7.11 Å². The first kappa shape index (κ1) is 20.0. The number of aryl methyl sites for hydroxylation is 1. The number of thiol groups is 1. The number of hydrogen-bond acceptors (Lipinski definition) is 3. The minimum Gasteiger partial charge on any atom is -0.382 e. The summed E-state index contributed by atoms with van der Waals surface area (Å²) >= 11 is 3.96. The van der Waals surface area contributed by atoms with Crippen LogP contribution in [-0.4, -0.2) is 37.7 Å². The Kier molecular flexibility index (Phi) is 12.2.